The van der Waals surface area contributed by atoms with Crippen LogP contribution >= 0.6 is 35.0 Å². The average molecular weight is 628 g/mol. The molecule has 5 aliphatic heterocycles. The molecule has 5 aliphatic rings. The van der Waals surface area contributed by atoms with Crippen molar-refractivity contribution in [2.45, 2.75) is 84.9 Å². The van der Waals surface area contributed by atoms with Crippen LogP contribution < -0.4 is 26.6 Å². The van der Waals surface area contributed by atoms with E-state index in [9.17, 15) is 18.4 Å². The van der Waals surface area contributed by atoms with Crippen LogP contribution in [0.15, 0.2) is 0 Å². The maximum Gasteiger partial charge on any atom is 0.250 e. The Morgan fingerprint density at radius 2 is 1.82 bits per heavy atom. The predicted molar refractivity (Wildman–Crippen MR) is 153 cm³/mol. The van der Waals surface area contributed by atoms with E-state index >= 15 is 0 Å². The molecule has 0 aromatic rings. The van der Waals surface area contributed by atoms with Crippen LogP contribution in [0.2, 0.25) is 0 Å². The summed E-state index contributed by atoms with van der Waals surface area (Å²) in [5, 5.41) is 16.0. The molecule has 0 aromatic carbocycles. The smallest absolute Gasteiger partial charge is 0.250 e. The molecule has 9 nitrogen and oxygen atoms in total. The van der Waals surface area contributed by atoms with Crippen molar-refractivity contribution in [3.63, 3.8) is 0 Å². The number of thioether (sulfide) groups is 1. The molecular formula is C26H42Cl2F2N6O3S. The van der Waals surface area contributed by atoms with Gasteiger partial charge in [0, 0.05) is 68.5 Å². The second kappa shape index (κ2) is 12.6. The molecule has 5 heterocycles. The normalized spacial score (nSPS) is 44.3. The van der Waals surface area contributed by atoms with E-state index in [1.807, 2.05) is 0 Å². The lowest BCUT2D eigenvalue weighted by molar-refractivity contribution is -0.141. The van der Waals surface area contributed by atoms with Gasteiger partial charge >= 0.3 is 0 Å². The van der Waals surface area contributed by atoms with Crippen LogP contribution in [0.5, 0.6) is 0 Å². The third kappa shape index (κ3) is 6.69. The minimum absolute atomic E-state index is 0.00290. The van der Waals surface area contributed by atoms with Gasteiger partial charge in [-0.15, -0.1) is 35.0 Å². The Labute approximate surface area is 249 Å². The van der Waals surface area contributed by atoms with Gasteiger partial charge in [0.2, 0.25) is 17.7 Å². The standard InChI is InChI=1S/C26H42Cl2F2N6O3S/c1-12-4-14(15-6-21(28)32-9-19(15)39-3)16(8-31-12)23(37)35-25-34-18-10-36(11-20(18)40-25)24(38)22-17(26(2,29)30)5-13(27)7-33-22/h12-22,25,31-34H,4-11H2,1-3H3,(H,35,37). The van der Waals surface area contributed by atoms with Crippen molar-refractivity contribution >= 4 is 46.8 Å². The Balaban J connectivity index is 1.17. The van der Waals surface area contributed by atoms with E-state index in [1.165, 1.54) is 0 Å². The van der Waals surface area contributed by atoms with Crippen molar-refractivity contribution in [2.75, 3.05) is 39.8 Å². The van der Waals surface area contributed by atoms with E-state index < -0.39 is 23.3 Å². The quantitative estimate of drug-likeness (QED) is 0.222. The summed E-state index contributed by atoms with van der Waals surface area (Å²) in [6.45, 7) is 5.46. The first-order valence-corrected chi connectivity index (χ1v) is 16.2. The van der Waals surface area contributed by atoms with Crippen LogP contribution in [0.3, 0.4) is 0 Å². The SMILES string of the molecule is COC1CNC(Cl)CC1C1CC(C)NCC1C(=O)NC1NC2CN(C(=O)C3NCC(Cl)CC3C(C)(F)F)CC2S1. The van der Waals surface area contributed by atoms with E-state index in [0.29, 0.717) is 38.8 Å². The number of carbonyl (C=O) groups excluding carboxylic acids is 2. The van der Waals surface area contributed by atoms with Gasteiger partial charge in [0.05, 0.1) is 23.6 Å². The van der Waals surface area contributed by atoms with Crippen molar-refractivity contribution in [2.24, 2.45) is 23.7 Å². The van der Waals surface area contributed by atoms with E-state index in [2.05, 4.69) is 33.5 Å². The van der Waals surface area contributed by atoms with E-state index in [4.69, 9.17) is 27.9 Å². The Morgan fingerprint density at radius 3 is 2.52 bits per heavy atom. The highest BCUT2D eigenvalue weighted by atomic mass is 35.5. The molecular weight excluding hydrogens is 585 g/mol. The van der Waals surface area contributed by atoms with Crippen molar-refractivity contribution in [3.05, 3.63) is 0 Å². The number of halogens is 4. The van der Waals surface area contributed by atoms with Crippen molar-refractivity contribution in [3.8, 4) is 0 Å². The number of piperidine rings is 3. The van der Waals surface area contributed by atoms with Crippen LogP contribution in [0.25, 0.3) is 0 Å². The van der Waals surface area contributed by atoms with Gasteiger partial charge in [0.15, 0.2) is 0 Å². The first kappa shape index (κ1) is 31.0. The van der Waals surface area contributed by atoms with Crippen LogP contribution in [0.4, 0.5) is 8.78 Å². The monoisotopic (exact) mass is 626 g/mol. The first-order valence-electron chi connectivity index (χ1n) is 14.3. The lowest BCUT2D eigenvalue weighted by Crippen LogP contribution is -2.59. The topological polar surface area (TPSA) is 107 Å². The predicted octanol–water partition coefficient (Wildman–Crippen LogP) is 1.35. The molecule has 5 rings (SSSR count). The largest absolute Gasteiger partial charge is 0.380 e. The van der Waals surface area contributed by atoms with Crippen molar-refractivity contribution in [1.82, 2.24) is 31.5 Å². The highest BCUT2D eigenvalue weighted by Gasteiger charge is 2.51. The Kier molecular flexibility index (Phi) is 9.79. The molecule has 12 atom stereocenters. The molecule has 14 heteroatoms. The number of likely N-dealkylation sites (tertiary alicyclic amines) is 1. The van der Waals surface area contributed by atoms with Crippen LogP contribution in [-0.2, 0) is 14.3 Å². The zero-order valence-electron chi connectivity index (χ0n) is 23.2. The first-order chi connectivity index (χ1) is 18.9. The minimum atomic E-state index is -3.01. The number of nitrogens with zero attached hydrogens (tertiary/aromatic N) is 1. The highest BCUT2D eigenvalue weighted by Crippen LogP contribution is 2.39. The van der Waals surface area contributed by atoms with Crippen LogP contribution in [0.1, 0.15) is 33.1 Å². The number of ether oxygens (including phenoxy) is 1. The van der Waals surface area contributed by atoms with Gasteiger partial charge in [-0.25, -0.2) is 8.78 Å². The average Bonchev–Trinajstić information content (AvgIpc) is 3.46. The number of hydrogen-bond acceptors (Lipinski definition) is 8. The van der Waals surface area contributed by atoms with Crippen molar-refractivity contribution in [1.29, 1.82) is 0 Å². The number of alkyl halides is 4. The summed E-state index contributed by atoms with van der Waals surface area (Å²) in [4.78, 5) is 28.6. The minimum Gasteiger partial charge on any atom is -0.380 e. The summed E-state index contributed by atoms with van der Waals surface area (Å²) in [6, 6.07) is -0.673. The van der Waals surface area contributed by atoms with Crippen LogP contribution in [-0.4, -0.2) is 108 Å². The second-order valence-corrected chi connectivity index (χ2v) is 14.7. The Bertz CT molecular complexity index is 923. The summed E-state index contributed by atoms with van der Waals surface area (Å²) in [7, 11) is 1.71. The molecule has 0 spiro atoms. The van der Waals surface area contributed by atoms with E-state index in [-0.39, 0.29) is 64.4 Å². The molecule has 0 saturated carbocycles. The molecule has 0 aromatic heterocycles. The molecule has 5 N–H and O–H groups in total. The summed E-state index contributed by atoms with van der Waals surface area (Å²) >= 11 is 14.2. The van der Waals surface area contributed by atoms with E-state index in [1.54, 1.807) is 23.8 Å². The van der Waals surface area contributed by atoms with Crippen molar-refractivity contribution < 1.29 is 23.1 Å². The fourth-order valence-electron chi connectivity index (χ4n) is 7.29. The fourth-order valence-corrected chi connectivity index (χ4v) is 9.28. The summed E-state index contributed by atoms with van der Waals surface area (Å²) in [6.07, 6.45) is 1.72. The van der Waals surface area contributed by atoms with Gasteiger partial charge in [-0.1, -0.05) is 0 Å². The second-order valence-electron chi connectivity index (χ2n) is 12.2. The number of hydrogen-bond donors (Lipinski definition) is 5. The number of methoxy groups -OCH3 is 1. The van der Waals surface area contributed by atoms with Gasteiger partial charge in [-0.2, -0.15) is 0 Å². The Morgan fingerprint density at radius 1 is 1.05 bits per heavy atom. The third-order valence-electron chi connectivity index (χ3n) is 9.43. The number of amides is 2. The summed E-state index contributed by atoms with van der Waals surface area (Å²) in [5.74, 6) is -4.34. The summed E-state index contributed by atoms with van der Waals surface area (Å²) in [5.41, 5.74) is -0.411. The molecule has 0 radical (unpaired) electrons. The number of nitrogens with one attached hydrogen (secondary N) is 5. The third-order valence-corrected chi connectivity index (χ3v) is 11.4. The molecule has 228 valence electrons. The van der Waals surface area contributed by atoms with Gasteiger partial charge in [-0.05, 0) is 44.9 Å². The molecule has 0 bridgehead atoms. The molecule has 12 unspecified atom stereocenters. The lowest BCUT2D eigenvalue weighted by Gasteiger charge is -2.45. The molecule has 40 heavy (non-hydrogen) atoms. The fraction of sp³-hybridized carbons (Fsp3) is 0.923. The number of fused-ring (bicyclic) bond motifs is 1. The molecule has 2 amide bonds. The molecule has 5 fully saturated rings. The maximum absolute atomic E-state index is 14.3. The Hall–Kier alpha value is -0.470. The number of rotatable bonds is 6. The van der Waals surface area contributed by atoms with Gasteiger partial charge in [-0.3, -0.25) is 20.2 Å². The zero-order valence-corrected chi connectivity index (χ0v) is 25.5. The maximum atomic E-state index is 14.3. The molecule has 5 saturated heterocycles. The number of carbonyl (C=O) groups is 2. The van der Waals surface area contributed by atoms with E-state index in [0.717, 1.165) is 19.8 Å². The highest BCUT2D eigenvalue weighted by molar-refractivity contribution is 8.00. The lowest BCUT2D eigenvalue weighted by atomic mass is 9.70. The molecule has 0 aliphatic carbocycles. The van der Waals surface area contributed by atoms with Gasteiger partial charge in [0.25, 0.3) is 0 Å². The zero-order chi connectivity index (χ0) is 28.8. The van der Waals surface area contributed by atoms with Gasteiger partial charge in [0.1, 0.15) is 5.50 Å². The van der Waals surface area contributed by atoms with Gasteiger partial charge < -0.3 is 25.6 Å². The van der Waals surface area contributed by atoms with Crippen LogP contribution in [0, 0.1) is 23.7 Å². The summed E-state index contributed by atoms with van der Waals surface area (Å²) < 4.78 is 34.4.